The van der Waals surface area contributed by atoms with Gasteiger partial charge in [0.15, 0.2) is 0 Å². The Kier molecular flexibility index (Phi) is 12.0. The van der Waals surface area contributed by atoms with E-state index in [9.17, 15) is 18.0 Å². The molecule has 2 amide bonds. The Hall–Kier alpha value is -5.41. The predicted molar refractivity (Wildman–Crippen MR) is 205 cm³/mol. The Balaban J connectivity index is 1.37. The number of para-hydroxylation sites is 1. The van der Waals surface area contributed by atoms with Gasteiger partial charge in [-0.05, 0) is 79.4 Å². The minimum Gasteiger partial charge on any atom is -0.457 e. The molecule has 0 radical (unpaired) electrons. The number of anilines is 1. The largest absolute Gasteiger partial charge is 0.457 e. The number of ether oxygens (including phenoxy) is 1. The molecule has 1 saturated carbocycles. The van der Waals surface area contributed by atoms with Gasteiger partial charge in [-0.3, -0.25) is 13.9 Å². The summed E-state index contributed by atoms with van der Waals surface area (Å²) in [5.74, 6) is 0.420. The maximum absolute atomic E-state index is 14.8. The van der Waals surface area contributed by atoms with E-state index in [0.717, 1.165) is 53.1 Å². The maximum Gasteiger partial charge on any atom is 0.264 e. The summed E-state index contributed by atoms with van der Waals surface area (Å²) in [4.78, 5) is 30.7. The molecular weight excluding hydrogens is 671 g/mol. The minimum atomic E-state index is -4.23. The van der Waals surface area contributed by atoms with Gasteiger partial charge in [0.2, 0.25) is 11.8 Å². The Morgan fingerprint density at radius 1 is 0.712 bits per heavy atom. The number of amides is 2. The SMILES string of the molecule is Cc1ccc(S(=O)(=O)N(CC(=O)N(Cc2ccccc2)[C@H](Cc2ccccc2)C(=O)NC2CCCCC2)c2ccc(Oc3ccccc3)cc2)cc1. The van der Waals surface area contributed by atoms with Crippen molar-refractivity contribution in [3.63, 3.8) is 0 Å². The van der Waals surface area contributed by atoms with Crippen LogP contribution in [0.2, 0.25) is 0 Å². The van der Waals surface area contributed by atoms with Crippen molar-refractivity contribution in [2.45, 2.75) is 69.0 Å². The number of hydrogen-bond donors (Lipinski definition) is 1. The van der Waals surface area contributed by atoms with E-state index in [1.54, 1.807) is 53.4 Å². The van der Waals surface area contributed by atoms with E-state index in [0.29, 0.717) is 17.2 Å². The third-order valence-corrected chi connectivity index (χ3v) is 11.2. The molecule has 1 atom stereocenters. The Labute approximate surface area is 307 Å². The average Bonchev–Trinajstić information content (AvgIpc) is 3.17. The molecule has 5 aromatic rings. The number of nitrogens with one attached hydrogen (secondary N) is 1. The van der Waals surface area contributed by atoms with Crippen LogP contribution < -0.4 is 14.4 Å². The Morgan fingerprint density at radius 2 is 1.27 bits per heavy atom. The van der Waals surface area contributed by atoms with Crippen LogP contribution in [0.1, 0.15) is 48.8 Å². The van der Waals surface area contributed by atoms with E-state index in [2.05, 4.69) is 5.32 Å². The molecule has 1 aliphatic carbocycles. The van der Waals surface area contributed by atoms with Crippen molar-refractivity contribution in [2.24, 2.45) is 0 Å². The summed E-state index contributed by atoms with van der Waals surface area (Å²) in [7, 11) is -4.23. The van der Waals surface area contributed by atoms with Crippen LogP contribution in [-0.4, -0.2) is 43.8 Å². The quantitative estimate of drug-likeness (QED) is 0.126. The first-order valence-corrected chi connectivity index (χ1v) is 19.3. The number of aryl methyl sites for hydroxylation is 1. The molecule has 9 heteroatoms. The summed E-state index contributed by atoms with van der Waals surface area (Å²) >= 11 is 0. The lowest BCUT2D eigenvalue weighted by Crippen LogP contribution is -2.55. The number of carbonyl (C=O) groups excluding carboxylic acids is 2. The summed E-state index contributed by atoms with van der Waals surface area (Å²) < 4.78 is 36.0. The molecule has 0 bridgehead atoms. The van der Waals surface area contributed by atoms with Crippen LogP contribution in [0.25, 0.3) is 0 Å². The summed E-state index contributed by atoms with van der Waals surface area (Å²) in [5, 5.41) is 3.25. The molecule has 0 unspecified atom stereocenters. The second-order valence-corrected chi connectivity index (χ2v) is 15.2. The third-order valence-electron chi connectivity index (χ3n) is 9.41. The van der Waals surface area contributed by atoms with Crippen LogP contribution in [0, 0.1) is 6.92 Å². The molecule has 1 N–H and O–H groups in total. The molecule has 0 aliphatic heterocycles. The van der Waals surface area contributed by atoms with E-state index in [4.69, 9.17) is 4.74 Å². The van der Waals surface area contributed by atoms with E-state index < -0.39 is 28.5 Å². The molecule has 0 heterocycles. The fourth-order valence-electron chi connectivity index (χ4n) is 6.55. The van der Waals surface area contributed by atoms with Crippen molar-refractivity contribution >= 4 is 27.5 Å². The lowest BCUT2D eigenvalue weighted by molar-refractivity contribution is -0.140. The molecule has 0 aromatic heterocycles. The second-order valence-electron chi connectivity index (χ2n) is 13.3. The molecule has 0 saturated heterocycles. The topological polar surface area (TPSA) is 96.0 Å². The predicted octanol–water partition coefficient (Wildman–Crippen LogP) is 8.07. The van der Waals surface area contributed by atoms with Crippen LogP contribution in [0.5, 0.6) is 11.5 Å². The van der Waals surface area contributed by atoms with E-state index in [1.807, 2.05) is 97.9 Å². The molecule has 6 rings (SSSR count). The van der Waals surface area contributed by atoms with Gasteiger partial charge in [0.1, 0.15) is 24.1 Å². The van der Waals surface area contributed by atoms with Crippen LogP contribution in [0.15, 0.2) is 144 Å². The van der Waals surface area contributed by atoms with Crippen molar-refractivity contribution in [1.82, 2.24) is 10.2 Å². The first-order valence-electron chi connectivity index (χ1n) is 17.9. The summed E-state index contributed by atoms with van der Waals surface area (Å²) in [5.41, 5.74) is 2.93. The number of nitrogens with zero attached hydrogens (tertiary/aromatic N) is 2. The average molecular weight is 716 g/mol. The van der Waals surface area contributed by atoms with Crippen LogP contribution >= 0.6 is 0 Å². The summed E-state index contributed by atoms with van der Waals surface area (Å²) in [6.45, 7) is 1.48. The Bertz CT molecular complexity index is 2000. The van der Waals surface area contributed by atoms with Gasteiger partial charge in [0.25, 0.3) is 10.0 Å². The highest BCUT2D eigenvalue weighted by atomic mass is 32.2. The highest BCUT2D eigenvalue weighted by Crippen LogP contribution is 2.29. The van der Waals surface area contributed by atoms with Crippen molar-refractivity contribution in [3.05, 3.63) is 156 Å². The highest BCUT2D eigenvalue weighted by Gasteiger charge is 2.35. The molecule has 5 aromatic carbocycles. The fourth-order valence-corrected chi connectivity index (χ4v) is 7.96. The molecule has 1 aliphatic rings. The molecule has 8 nitrogen and oxygen atoms in total. The molecule has 268 valence electrons. The van der Waals surface area contributed by atoms with E-state index in [1.165, 1.54) is 0 Å². The monoisotopic (exact) mass is 715 g/mol. The number of rotatable bonds is 14. The highest BCUT2D eigenvalue weighted by molar-refractivity contribution is 7.92. The van der Waals surface area contributed by atoms with Crippen molar-refractivity contribution in [2.75, 3.05) is 10.8 Å². The zero-order valence-electron chi connectivity index (χ0n) is 29.4. The van der Waals surface area contributed by atoms with Gasteiger partial charge in [-0.2, -0.15) is 0 Å². The standard InChI is InChI=1S/C43H45N3O5S/c1-33-22-28-40(29-23-33)52(49,50)46(37-24-26-39(27-25-37)51-38-20-12-5-13-21-38)32-42(47)45(31-35-16-8-3-9-17-35)41(30-34-14-6-2-7-15-34)43(48)44-36-18-10-4-11-19-36/h2-3,5-9,12-17,20-29,36,41H,4,10-11,18-19,30-32H2,1H3,(H,44,48)/t41-/m1/s1. The molecular formula is C43H45N3O5S. The van der Waals surface area contributed by atoms with Gasteiger partial charge in [0.05, 0.1) is 10.6 Å². The van der Waals surface area contributed by atoms with Crippen LogP contribution in [0.3, 0.4) is 0 Å². The first-order chi connectivity index (χ1) is 25.3. The number of sulfonamides is 1. The van der Waals surface area contributed by atoms with Crippen LogP contribution in [-0.2, 0) is 32.6 Å². The van der Waals surface area contributed by atoms with Gasteiger partial charge >= 0.3 is 0 Å². The van der Waals surface area contributed by atoms with Crippen LogP contribution in [0.4, 0.5) is 5.69 Å². The summed E-state index contributed by atoms with van der Waals surface area (Å²) in [6.07, 6.45) is 5.28. The lowest BCUT2D eigenvalue weighted by atomic mass is 9.94. The lowest BCUT2D eigenvalue weighted by Gasteiger charge is -2.35. The number of hydrogen-bond acceptors (Lipinski definition) is 5. The normalized spacial score (nSPS) is 13.9. The van der Waals surface area contributed by atoms with Crippen molar-refractivity contribution < 1.29 is 22.7 Å². The zero-order chi connectivity index (χ0) is 36.3. The number of benzene rings is 5. The summed E-state index contributed by atoms with van der Waals surface area (Å²) in [6, 6.07) is 40.8. The third kappa shape index (κ3) is 9.47. The van der Waals surface area contributed by atoms with Gasteiger partial charge in [0, 0.05) is 19.0 Å². The minimum absolute atomic E-state index is 0.0308. The Morgan fingerprint density at radius 3 is 1.88 bits per heavy atom. The van der Waals surface area contributed by atoms with E-state index in [-0.39, 0.29) is 29.8 Å². The van der Waals surface area contributed by atoms with Crippen molar-refractivity contribution in [1.29, 1.82) is 0 Å². The van der Waals surface area contributed by atoms with Crippen molar-refractivity contribution in [3.8, 4) is 11.5 Å². The smallest absolute Gasteiger partial charge is 0.264 e. The maximum atomic E-state index is 14.8. The fraction of sp³-hybridized carbons (Fsp3) is 0.256. The number of carbonyl (C=O) groups is 2. The molecule has 0 spiro atoms. The van der Waals surface area contributed by atoms with Gasteiger partial charge in [-0.15, -0.1) is 0 Å². The first kappa shape index (κ1) is 36.4. The van der Waals surface area contributed by atoms with Gasteiger partial charge in [-0.1, -0.05) is 116 Å². The van der Waals surface area contributed by atoms with E-state index >= 15 is 0 Å². The van der Waals surface area contributed by atoms with Gasteiger partial charge in [-0.25, -0.2) is 8.42 Å². The molecule has 1 fully saturated rings. The van der Waals surface area contributed by atoms with Gasteiger partial charge < -0.3 is 15.0 Å². The zero-order valence-corrected chi connectivity index (χ0v) is 30.3. The molecule has 52 heavy (non-hydrogen) atoms. The second kappa shape index (κ2) is 17.2.